The van der Waals surface area contributed by atoms with E-state index < -0.39 is 0 Å². The first kappa shape index (κ1) is 22.4. The van der Waals surface area contributed by atoms with Crippen LogP contribution < -0.4 is 19.5 Å². The summed E-state index contributed by atoms with van der Waals surface area (Å²) in [7, 11) is 4.79. The van der Waals surface area contributed by atoms with Gasteiger partial charge in [-0.2, -0.15) is 9.61 Å². The Bertz CT molecular complexity index is 1280. The zero-order valence-electron chi connectivity index (χ0n) is 18.4. The van der Waals surface area contributed by atoms with Crippen molar-refractivity contribution in [3.05, 3.63) is 60.2 Å². The standard InChI is InChI=1S/C23H23N5O4S/c1-30-17-6-4-5-15(11-17)13-24-22(29)14-33-23-26-25-21-10-8-18(27-28(21)23)16-7-9-19(31-2)20(12-16)32-3/h4-12H,13-14H2,1-3H3,(H,24,29). The van der Waals surface area contributed by atoms with E-state index in [1.807, 2.05) is 54.6 Å². The van der Waals surface area contributed by atoms with E-state index in [1.165, 1.54) is 11.8 Å². The molecule has 2 aromatic heterocycles. The summed E-state index contributed by atoms with van der Waals surface area (Å²) in [5.74, 6) is 2.08. The van der Waals surface area contributed by atoms with Gasteiger partial charge in [0.15, 0.2) is 17.1 Å². The molecule has 9 nitrogen and oxygen atoms in total. The van der Waals surface area contributed by atoms with Crippen LogP contribution in [0.15, 0.2) is 59.8 Å². The van der Waals surface area contributed by atoms with Crippen molar-refractivity contribution in [2.24, 2.45) is 0 Å². The topological polar surface area (TPSA) is 99.9 Å². The molecule has 1 N–H and O–H groups in total. The van der Waals surface area contributed by atoms with Gasteiger partial charge in [-0.1, -0.05) is 23.9 Å². The number of aromatic nitrogens is 4. The minimum absolute atomic E-state index is 0.115. The van der Waals surface area contributed by atoms with Crippen LogP contribution in [0.1, 0.15) is 5.56 Å². The summed E-state index contributed by atoms with van der Waals surface area (Å²) in [5.41, 5.74) is 3.13. The van der Waals surface area contributed by atoms with Crippen LogP contribution in [0.2, 0.25) is 0 Å². The molecule has 0 atom stereocenters. The summed E-state index contributed by atoms with van der Waals surface area (Å²) < 4.78 is 17.5. The number of hydrogen-bond acceptors (Lipinski definition) is 8. The number of carbonyl (C=O) groups excluding carboxylic acids is 1. The normalized spacial score (nSPS) is 10.8. The maximum atomic E-state index is 12.4. The van der Waals surface area contributed by atoms with Gasteiger partial charge in [-0.25, -0.2) is 0 Å². The van der Waals surface area contributed by atoms with Crippen LogP contribution in [-0.2, 0) is 11.3 Å². The zero-order chi connectivity index (χ0) is 23.2. The lowest BCUT2D eigenvalue weighted by Gasteiger charge is -2.09. The Hall–Kier alpha value is -3.79. The summed E-state index contributed by atoms with van der Waals surface area (Å²) in [5, 5.41) is 16.4. The second kappa shape index (κ2) is 10.2. The lowest BCUT2D eigenvalue weighted by atomic mass is 10.1. The molecule has 0 aliphatic heterocycles. The first-order chi connectivity index (χ1) is 16.1. The molecule has 0 fully saturated rings. The van der Waals surface area contributed by atoms with Crippen molar-refractivity contribution in [3.63, 3.8) is 0 Å². The number of fused-ring (bicyclic) bond motifs is 1. The average molecular weight is 466 g/mol. The molecule has 2 heterocycles. The molecule has 0 saturated carbocycles. The number of nitrogens with zero attached hydrogens (tertiary/aromatic N) is 4. The second-order valence-electron chi connectivity index (χ2n) is 6.96. The molecule has 4 rings (SSSR count). The number of thioether (sulfide) groups is 1. The minimum Gasteiger partial charge on any atom is -0.497 e. The Kier molecular flexibility index (Phi) is 6.94. The number of ether oxygens (including phenoxy) is 3. The number of benzene rings is 2. The predicted octanol–water partition coefficient (Wildman–Crippen LogP) is 3.23. The number of hydrogen-bond donors (Lipinski definition) is 1. The van der Waals surface area contributed by atoms with Gasteiger partial charge in [0, 0.05) is 12.1 Å². The highest BCUT2D eigenvalue weighted by atomic mass is 32.2. The molecule has 4 aromatic rings. The number of nitrogens with one attached hydrogen (secondary N) is 1. The van der Waals surface area contributed by atoms with Crippen molar-refractivity contribution in [3.8, 4) is 28.5 Å². The van der Waals surface area contributed by atoms with E-state index in [4.69, 9.17) is 14.2 Å². The first-order valence-corrected chi connectivity index (χ1v) is 11.1. The number of rotatable bonds is 9. The maximum Gasteiger partial charge on any atom is 0.230 e. The molecule has 0 aliphatic rings. The van der Waals surface area contributed by atoms with Crippen LogP contribution in [0.5, 0.6) is 17.2 Å². The molecule has 0 bridgehead atoms. The van der Waals surface area contributed by atoms with E-state index in [0.717, 1.165) is 16.9 Å². The third-order valence-corrected chi connectivity index (χ3v) is 5.79. The maximum absolute atomic E-state index is 12.4. The summed E-state index contributed by atoms with van der Waals surface area (Å²) >= 11 is 1.27. The third kappa shape index (κ3) is 5.17. The van der Waals surface area contributed by atoms with Crippen molar-refractivity contribution in [1.82, 2.24) is 25.1 Å². The molecule has 10 heteroatoms. The Morgan fingerprint density at radius 3 is 2.61 bits per heavy atom. The molecule has 0 radical (unpaired) electrons. The van der Waals surface area contributed by atoms with Gasteiger partial charge in [-0.3, -0.25) is 4.79 Å². The van der Waals surface area contributed by atoms with Crippen molar-refractivity contribution < 1.29 is 19.0 Å². The van der Waals surface area contributed by atoms with E-state index in [0.29, 0.717) is 34.5 Å². The van der Waals surface area contributed by atoms with Crippen molar-refractivity contribution in [1.29, 1.82) is 0 Å². The monoisotopic (exact) mass is 465 g/mol. The Morgan fingerprint density at radius 2 is 1.82 bits per heavy atom. The van der Waals surface area contributed by atoms with Crippen LogP contribution in [-0.4, -0.2) is 52.8 Å². The molecule has 2 aromatic carbocycles. The van der Waals surface area contributed by atoms with E-state index >= 15 is 0 Å². The minimum atomic E-state index is -0.115. The van der Waals surface area contributed by atoms with Gasteiger partial charge < -0.3 is 19.5 Å². The highest BCUT2D eigenvalue weighted by molar-refractivity contribution is 7.99. The molecular formula is C23H23N5O4S. The smallest absolute Gasteiger partial charge is 0.230 e. The van der Waals surface area contributed by atoms with Crippen LogP contribution >= 0.6 is 11.8 Å². The van der Waals surface area contributed by atoms with Gasteiger partial charge in [0.25, 0.3) is 0 Å². The fourth-order valence-corrected chi connectivity index (χ4v) is 3.89. The summed E-state index contributed by atoms with van der Waals surface area (Å²) in [6.45, 7) is 0.416. The lowest BCUT2D eigenvalue weighted by Crippen LogP contribution is -2.24. The number of methoxy groups -OCH3 is 3. The number of carbonyl (C=O) groups is 1. The van der Waals surface area contributed by atoms with Gasteiger partial charge in [0.2, 0.25) is 11.1 Å². The van der Waals surface area contributed by atoms with E-state index in [-0.39, 0.29) is 11.7 Å². The summed E-state index contributed by atoms with van der Waals surface area (Å²) in [6.07, 6.45) is 0. The predicted molar refractivity (Wildman–Crippen MR) is 125 cm³/mol. The highest BCUT2D eigenvalue weighted by Crippen LogP contribution is 2.31. The summed E-state index contributed by atoms with van der Waals surface area (Å²) in [6, 6.07) is 16.9. The van der Waals surface area contributed by atoms with Crippen LogP contribution in [0.4, 0.5) is 0 Å². The van der Waals surface area contributed by atoms with E-state index in [2.05, 4.69) is 20.6 Å². The molecule has 0 saturated heterocycles. The largest absolute Gasteiger partial charge is 0.497 e. The Labute approximate surface area is 195 Å². The highest BCUT2D eigenvalue weighted by Gasteiger charge is 2.13. The van der Waals surface area contributed by atoms with Crippen LogP contribution in [0.3, 0.4) is 0 Å². The van der Waals surface area contributed by atoms with Crippen molar-refractivity contribution in [2.75, 3.05) is 27.1 Å². The third-order valence-electron chi connectivity index (χ3n) is 4.87. The van der Waals surface area contributed by atoms with Gasteiger partial charge in [0.1, 0.15) is 5.75 Å². The average Bonchev–Trinajstić information content (AvgIpc) is 3.28. The number of amides is 1. The van der Waals surface area contributed by atoms with Gasteiger partial charge >= 0.3 is 0 Å². The quantitative estimate of drug-likeness (QED) is 0.376. The molecule has 0 unspecified atom stereocenters. The van der Waals surface area contributed by atoms with Crippen LogP contribution in [0.25, 0.3) is 16.9 Å². The van der Waals surface area contributed by atoms with E-state index in [1.54, 1.807) is 25.8 Å². The van der Waals surface area contributed by atoms with Crippen molar-refractivity contribution >= 4 is 23.3 Å². The molecule has 1 amide bonds. The molecule has 33 heavy (non-hydrogen) atoms. The van der Waals surface area contributed by atoms with Crippen molar-refractivity contribution in [2.45, 2.75) is 11.7 Å². The Balaban J connectivity index is 1.45. The fourth-order valence-electron chi connectivity index (χ4n) is 3.17. The zero-order valence-corrected chi connectivity index (χ0v) is 19.3. The Morgan fingerprint density at radius 1 is 0.970 bits per heavy atom. The van der Waals surface area contributed by atoms with Crippen LogP contribution in [0, 0.1) is 0 Å². The molecular weight excluding hydrogens is 442 g/mol. The molecule has 0 aliphatic carbocycles. The SMILES string of the molecule is COc1cccc(CNC(=O)CSc2nnc3ccc(-c4ccc(OC)c(OC)c4)nn23)c1. The second-order valence-corrected chi connectivity index (χ2v) is 7.90. The lowest BCUT2D eigenvalue weighted by molar-refractivity contribution is -0.118. The first-order valence-electron chi connectivity index (χ1n) is 10.1. The molecule has 0 spiro atoms. The van der Waals surface area contributed by atoms with E-state index in [9.17, 15) is 4.79 Å². The summed E-state index contributed by atoms with van der Waals surface area (Å²) in [4.78, 5) is 12.4. The molecule has 170 valence electrons. The van der Waals surface area contributed by atoms with Gasteiger partial charge in [-0.15, -0.1) is 10.2 Å². The fraction of sp³-hybridized carbons (Fsp3) is 0.217. The van der Waals surface area contributed by atoms with Gasteiger partial charge in [-0.05, 0) is 48.0 Å². The van der Waals surface area contributed by atoms with Gasteiger partial charge in [0.05, 0.1) is 32.8 Å².